The van der Waals surface area contributed by atoms with Crippen molar-refractivity contribution in [2.75, 3.05) is 26.9 Å². The van der Waals surface area contributed by atoms with Crippen LogP contribution in [-0.2, 0) is 9.53 Å². The van der Waals surface area contributed by atoms with E-state index in [9.17, 15) is 13.6 Å². The van der Waals surface area contributed by atoms with Crippen molar-refractivity contribution in [3.8, 4) is 5.75 Å². The van der Waals surface area contributed by atoms with Gasteiger partial charge in [-0.3, -0.25) is 4.79 Å². The number of hydrogen-bond donors (Lipinski definition) is 2. The van der Waals surface area contributed by atoms with Gasteiger partial charge in [-0.2, -0.15) is 0 Å². The molecule has 0 aliphatic heterocycles. The number of hydrogen-bond acceptors (Lipinski definition) is 4. The van der Waals surface area contributed by atoms with E-state index in [1.54, 1.807) is 0 Å². The fourth-order valence-electron chi connectivity index (χ4n) is 1.31. The number of nitrogens with one attached hydrogen (secondary N) is 1. The summed E-state index contributed by atoms with van der Waals surface area (Å²) in [5, 5.41) is 2.50. The highest BCUT2D eigenvalue weighted by molar-refractivity contribution is 5.85. The second-order valence-electron chi connectivity index (χ2n) is 3.78. The standard InChI is InChI=1S/C12H16F2N2O3.ClH/c1-18-7-10(15)12(17)16-4-5-19-11-3-2-8(13)6-9(11)14;/h2-3,6,10H,4-5,7,15H2,1H3,(H,16,17);1H. The van der Waals surface area contributed by atoms with Gasteiger partial charge in [-0.05, 0) is 12.1 Å². The predicted molar refractivity (Wildman–Crippen MR) is 72.0 cm³/mol. The van der Waals surface area contributed by atoms with Gasteiger partial charge in [0.05, 0.1) is 13.2 Å². The van der Waals surface area contributed by atoms with Crippen LogP contribution in [0.2, 0.25) is 0 Å². The Morgan fingerprint density at radius 1 is 1.45 bits per heavy atom. The zero-order chi connectivity index (χ0) is 14.3. The number of methoxy groups -OCH3 is 1. The molecule has 0 radical (unpaired) electrons. The summed E-state index contributed by atoms with van der Waals surface area (Å²) in [6.45, 7) is 0.320. The number of rotatable bonds is 7. The number of carbonyl (C=O) groups excluding carboxylic acids is 1. The van der Waals surface area contributed by atoms with Gasteiger partial charge in [-0.15, -0.1) is 12.4 Å². The average Bonchev–Trinajstić information content (AvgIpc) is 2.36. The molecular weight excluding hydrogens is 294 g/mol. The minimum Gasteiger partial charge on any atom is -0.489 e. The van der Waals surface area contributed by atoms with Crippen LogP contribution >= 0.6 is 12.4 Å². The highest BCUT2D eigenvalue weighted by Crippen LogP contribution is 2.17. The number of halogens is 3. The fraction of sp³-hybridized carbons (Fsp3) is 0.417. The van der Waals surface area contributed by atoms with E-state index in [4.69, 9.17) is 15.2 Å². The molecule has 1 aromatic rings. The average molecular weight is 311 g/mol. The van der Waals surface area contributed by atoms with Crippen molar-refractivity contribution in [1.82, 2.24) is 5.32 Å². The molecule has 1 unspecified atom stereocenters. The molecule has 20 heavy (non-hydrogen) atoms. The van der Waals surface area contributed by atoms with E-state index in [0.29, 0.717) is 0 Å². The Balaban J connectivity index is 0.00000361. The van der Waals surface area contributed by atoms with Crippen molar-refractivity contribution < 1.29 is 23.0 Å². The molecule has 1 aromatic carbocycles. The molecule has 114 valence electrons. The Kier molecular flexibility index (Phi) is 8.78. The monoisotopic (exact) mass is 310 g/mol. The molecule has 3 N–H and O–H groups in total. The smallest absolute Gasteiger partial charge is 0.239 e. The van der Waals surface area contributed by atoms with Crippen LogP contribution in [0.25, 0.3) is 0 Å². The molecule has 0 aliphatic carbocycles. The third-order valence-corrected chi connectivity index (χ3v) is 2.24. The lowest BCUT2D eigenvalue weighted by molar-refractivity contribution is -0.123. The first-order chi connectivity index (χ1) is 9.04. The second-order valence-corrected chi connectivity index (χ2v) is 3.78. The number of benzene rings is 1. The molecule has 0 aromatic heterocycles. The van der Waals surface area contributed by atoms with Gasteiger partial charge in [-0.25, -0.2) is 8.78 Å². The van der Waals surface area contributed by atoms with Crippen molar-refractivity contribution in [2.45, 2.75) is 6.04 Å². The lowest BCUT2D eigenvalue weighted by Gasteiger charge is -2.12. The van der Waals surface area contributed by atoms with Gasteiger partial charge in [0.1, 0.15) is 18.5 Å². The van der Waals surface area contributed by atoms with Crippen LogP contribution < -0.4 is 15.8 Å². The highest BCUT2D eigenvalue weighted by Gasteiger charge is 2.12. The molecule has 0 spiro atoms. The number of carbonyl (C=O) groups is 1. The zero-order valence-corrected chi connectivity index (χ0v) is 11.7. The molecule has 0 saturated heterocycles. The molecule has 0 aliphatic rings. The van der Waals surface area contributed by atoms with Crippen molar-refractivity contribution in [3.05, 3.63) is 29.8 Å². The largest absolute Gasteiger partial charge is 0.489 e. The SMILES string of the molecule is COCC(N)C(=O)NCCOc1ccc(F)cc1F.Cl. The first-order valence-electron chi connectivity index (χ1n) is 5.64. The molecule has 8 heteroatoms. The van der Waals surface area contributed by atoms with Crippen LogP contribution in [0.4, 0.5) is 8.78 Å². The van der Waals surface area contributed by atoms with Gasteiger partial charge in [0.2, 0.25) is 5.91 Å². The van der Waals surface area contributed by atoms with E-state index < -0.39 is 17.7 Å². The van der Waals surface area contributed by atoms with Gasteiger partial charge in [0, 0.05) is 13.2 Å². The quantitative estimate of drug-likeness (QED) is 0.733. The summed E-state index contributed by atoms with van der Waals surface area (Å²) < 4.78 is 35.6. The van der Waals surface area contributed by atoms with Gasteiger partial charge < -0.3 is 20.5 Å². The van der Waals surface area contributed by atoms with Crippen LogP contribution in [0.1, 0.15) is 0 Å². The third kappa shape index (κ3) is 6.14. The Bertz CT molecular complexity index is 435. The van der Waals surface area contributed by atoms with Crippen LogP contribution in [0.3, 0.4) is 0 Å². The Hall–Kier alpha value is -1.44. The first-order valence-corrected chi connectivity index (χ1v) is 5.64. The molecule has 5 nitrogen and oxygen atoms in total. The lowest BCUT2D eigenvalue weighted by atomic mass is 10.3. The van der Waals surface area contributed by atoms with Gasteiger partial charge in [-0.1, -0.05) is 0 Å². The topological polar surface area (TPSA) is 73.6 Å². The van der Waals surface area contributed by atoms with Crippen LogP contribution in [0.15, 0.2) is 18.2 Å². The number of nitrogens with two attached hydrogens (primary N) is 1. The van der Waals surface area contributed by atoms with E-state index in [1.165, 1.54) is 13.2 Å². The van der Waals surface area contributed by atoms with Gasteiger partial charge in [0.25, 0.3) is 0 Å². The molecule has 1 amide bonds. The molecule has 0 fully saturated rings. The van der Waals surface area contributed by atoms with Crippen LogP contribution in [-0.4, -0.2) is 38.8 Å². The zero-order valence-electron chi connectivity index (χ0n) is 10.9. The van der Waals surface area contributed by atoms with Crippen LogP contribution in [0, 0.1) is 11.6 Å². The lowest BCUT2D eigenvalue weighted by Crippen LogP contribution is -2.44. The minimum absolute atomic E-state index is 0. The Morgan fingerprint density at radius 2 is 2.15 bits per heavy atom. The van der Waals surface area contributed by atoms with E-state index in [1.807, 2.05) is 0 Å². The molecule has 0 saturated carbocycles. The summed E-state index contributed by atoms with van der Waals surface area (Å²) >= 11 is 0. The van der Waals surface area contributed by atoms with Crippen LogP contribution in [0.5, 0.6) is 5.75 Å². The maximum Gasteiger partial charge on any atom is 0.239 e. The van der Waals surface area contributed by atoms with E-state index in [0.717, 1.165) is 12.1 Å². The van der Waals surface area contributed by atoms with Crippen molar-refractivity contribution in [3.63, 3.8) is 0 Å². The fourth-order valence-corrected chi connectivity index (χ4v) is 1.31. The first kappa shape index (κ1) is 18.6. The summed E-state index contributed by atoms with van der Waals surface area (Å²) in [6, 6.07) is 2.24. The summed E-state index contributed by atoms with van der Waals surface area (Å²) in [5.74, 6) is -1.92. The summed E-state index contributed by atoms with van der Waals surface area (Å²) in [6.07, 6.45) is 0. The normalized spacial score (nSPS) is 11.4. The predicted octanol–water partition coefficient (Wildman–Crippen LogP) is 0.855. The van der Waals surface area contributed by atoms with Crippen molar-refractivity contribution >= 4 is 18.3 Å². The molecule has 0 heterocycles. The molecular formula is C12H17ClF2N2O3. The molecule has 0 bridgehead atoms. The highest BCUT2D eigenvalue weighted by atomic mass is 35.5. The number of ether oxygens (including phenoxy) is 2. The van der Waals surface area contributed by atoms with Crippen molar-refractivity contribution in [2.24, 2.45) is 5.73 Å². The van der Waals surface area contributed by atoms with E-state index in [-0.39, 0.29) is 43.8 Å². The van der Waals surface area contributed by atoms with Crippen molar-refractivity contribution in [1.29, 1.82) is 0 Å². The van der Waals surface area contributed by atoms with E-state index >= 15 is 0 Å². The Morgan fingerprint density at radius 3 is 2.75 bits per heavy atom. The van der Waals surface area contributed by atoms with E-state index in [2.05, 4.69) is 5.32 Å². The van der Waals surface area contributed by atoms with Gasteiger partial charge in [0.15, 0.2) is 11.6 Å². The third-order valence-electron chi connectivity index (χ3n) is 2.24. The molecule has 1 rings (SSSR count). The molecule has 1 atom stereocenters. The summed E-state index contributed by atoms with van der Waals surface area (Å²) in [4.78, 5) is 11.4. The minimum atomic E-state index is -0.789. The second kappa shape index (κ2) is 9.46. The maximum atomic E-state index is 13.2. The summed E-state index contributed by atoms with van der Waals surface area (Å²) in [5.41, 5.74) is 5.48. The maximum absolute atomic E-state index is 13.2. The van der Waals surface area contributed by atoms with Gasteiger partial charge >= 0.3 is 0 Å². The summed E-state index contributed by atoms with van der Waals surface area (Å²) in [7, 11) is 1.44. The Labute approximate surface area is 121 Å². The number of amides is 1.